The van der Waals surface area contributed by atoms with Gasteiger partial charge in [-0.25, -0.2) is 14.3 Å². The number of nitrogens with one attached hydrogen (secondary N) is 1. The lowest BCUT2D eigenvalue weighted by Gasteiger charge is -2.10. The molecule has 0 fully saturated rings. The lowest BCUT2D eigenvalue weighted by Crippen LogP contribution is -2.21. The molecule has 0 amide bonds. The summed E-state index contributed by atoms with van der Waals surface area (Å²) < 4.78 is 8.81. The normalized spacial score (nSPS) is 11.5. The third-order valence-electron chi connectivity index (χ3n) is 4.85. The van der Waals surface area contributed by atoms with E-state index >= 15 is 0 Å². The van der Waals surface area contributed by atoms with Crippen LogP contribution in [0.4, 0.5) is 0 Å². The van der Waals surface area contributed by atoms with E-state index in [0.717, 1.165) is 38.1 Å². The first-order chi connectivity index (χ1) is 13.6. The van der Waals surface area contributed by atoms with Gasteiger partial charge in [0.15, 0.2) is 5.82 Å². The van der Waals surface area contributed by atoms with E-state index in [4.69, 9.17) is 4.74 Å². The van der Waals surface area contributed by atoms with Gasteiger partial charge in [-0.15, -0.1) is 11.3 Å². The summed E-state index contributed by atoms with van der Waals surface area (Å²) in [4.78, 5) is 22.1. The van der Waals surface area contributed by atoms with Crippen molar-refractivity contribution in [3.8, 4) is 22.7 Å². The van der Waals surface area contributed by atoms with E-state index in [9.17, 15) is 4.79 Å². The molecule has 0 aliphatic rings. The SMILES string of the molecule is COc1cc2ncc3c(c2cc1-c1cn[nH]c1)n(-c1csc(C)n1)c(=O)n3C. The second-order valence-electron chi connectivity index (χ2n) is 6.45. The van der Waals surface area contributed by atoms with E-state index in [-0.39, 0.29) is 5.69 Å². The predicted molar refractivity (Wildman–Crippen MR) is 108 cm³/mol. The number of fused-ring (bicyclic) bond motifs is 3. The monoisotopic (exact) mass is 392 g/mol. The molecule has 0 aliphatic heterocycles. The van der Waals surface area contributed by atoms with Gasteiger partial charge >= 0.3 is 5.69 Å². The highest BCUT2D eigenvalue weighted by Gasteiger charge is 2.19. The first kappa shape index (κ1) is 16.7. The van der Waals surface area contributed by atoms with E-state index in [1.54, 1.807) is 41.9 Å². The van der Waals surface area contributed by atoms with Crippen molar-refractivity contribution in [3.05, 3.63) is 51.6 Å². The molecule has 28 heavy (non-hydrogen) atoms. The number of nitrogens with zero attached hydrogens (tertiary/aromatic N) is 5. The molecule has 0 saturated carbocycles. The number of H-pyrrole nitrogens is 1. The maximum absolute atomic E-state index is 13.0. The number of thiazole rings is 1. The first-order valence-electron chi connectivity index (χ1n) is 8.58. The van der Waals surface area contributed by atoms with E-state index in [0.29, 0.717) is 11.6 Å². The van der Waals surface area contributed by atoms with Crippen molar-refractivity contribution in [2.45, 2.75) is 6.92 Å². The molecular weight excluding hydrogens is 376 g/mol. The van der Waals surface area contributed by atoms with Crippen LogP contribution < -0.4 is 10.4 Å². The fraction of sp³-hybridized carbons (Fsp3) is 0.158. The maximum atomic E-state index is 13.0. The zero-order chi connectivity index (χ0) is 19.4. The highest BCUT2D eigenvalue weighted by atomic mass is 32.1. The highest BCUT2D eigenvalue weighted by Crippen LogP contribution is 2.36. The lowest BCUT2D eigenvalue weighted by molar-refractivity contribution is 0.417. The number of rotatable bonds is 3. The molecule has 1 N–H and O–H groups in total. The molecule has 5 rings (SSSR count). The largest absolute Gasteiger partial charge is 0.496 e. The van der Waals surface area contributed by atoms with Crippen molar-refractivity contribution in [2.24, 2.45) is 7.05 Å². The Labute approximate surface area is 163 Å². The fourth-order valence-corrected chi connectivity index (χ4v) is 4.06. The number of aryl methyl sites for hydroxylation is 2. The van der Waals surface area contributed by atoms with Gasteiger partial charge < -0.3 is 4.74 Å². The molecule has 8 nitrogen and oxygen atoms in total. The number of aromatic amines is 1. The first-order valence-corrected chi connectivity index (χ1v) is 9.46. The second-order valence-corrected chi connectivity index (χ2v) is 7.51. The van der Waals surface area contributed by atoms with E-state index < -0.39 is 0 Å². The average Bonchev–Trinajstić information content (AvgIpc) is 3.42. The summed E-state index contributed by atoms with van der Waals surface area (Å²) in [5.74, 6) is 1.31. The Hall–Kier alpha value is -3.46. The number of benzene rings is 1. The third-order valence-corrected chi connectivity index (χ3v) is 5.61. The summed E-state index contributed by atoms with van der Waals surface area (Å²) in [7, 11) is 3.37. The summed E-state index contributed by atoms with van der Waals surface area (Å²) in [6.07, 6.45) is 5.25. The Kier molecular flexibility index (Phi) is 3.59. The third kappa shape index (κ3) is 2.29. The summed E-state index contributed by atoms with van der Waals surface area (Å²) in [6.45, 7) is 1.92. The van der Waals surface area contributed by atoms with Gasteiger partial charge in [0.25, 0.3) is 0 Å². The van der Waals surface area contributed by atoms with E-state index in [1.807, 2.05) is 24.4 Å². The Morgan fingerprint density at radius 2 is 2.11 bits per heavy atom. The molecule has 4 heterocycles. The molecule has 0 spiro atoms. The minimum absolute atomic E-state index is 0.157. The molecule has 0 radical (unpaired) electrons. The highest BCUT2D eigenvalue weighted by molar-refractivity contribution is 7.09. The van der Waals surface area contributed by atoms with Crippen LogP contribution in [0.1, 0.15) is 5.01 Å². The van der Waals surface area contributed by atoms with Gasteiger partial charge in [0.2, 0.25) is 0 Å². The van der Waals surface area contributed by atoms with Crippen LogP contribution in [-0.2, 0) is 7.05 Å². The molecule has 0 aliphatic carbocycles. The maximum Gasteiger partial charge on any atom is 0.334 e. The number of hydrogen-bond donors (Lipinski definition) is 1. The van der Waals surface area contributed by atoms with Crippen molar-refractivity contribution < 1.29 is 4.74 Å². The van der Waals surface area contributed by atoms with Gasteiger partial charge in [-0.05, 0) is 13.0 Å². The van der Waals surface area contributed by atoms with Crippen LogP contribution in [0.25, 0.3) is 38.9 Å². The minimum Gasteiger partial charge on any atom is -0.496 e. The minimum atomic E-state index is -0.157. The van der Waals surface area contributed by atoms with Crippen molar-refractivity contribution in [3.63, 3.8) is 0 Å². The fourth-order valence-electron chi connectivity index (χ4n) is 3.48. The zero-order valence-corrected chi connectivity index (χ0v) is 16.2. The molecule has 140 valence electrons. The van der Waals surface area contributed by atoms with E-state index in [1.165, 1.54) is 11.3 Å². The standard InChI is InChI=1S/C19H16N6O2S/c1-10-23-17(9-28-10)25-18-13-4-12(11-6-21-22-7-11)16(27-3)5-14(13)20-8-15(18)24(2)19(25)26/h4-9H,1-3H3,(H,21,22). The number of ether oxygens (including phenoxy) is 1. The molecule has 0 saturated heterocycles. The van der Waals surface area contributed by atoms with Crippen molar-refractivity contribution in [1.29, 1.82) is 0 Å². The molecular formula is C19H16N6O2S. The van der Waals surface area contributed by atoms with Gasteiger partial charge in [-0.1, -0.05) is 0 Å². The Bertz CT molecular complexity index is 1390. The number of methoxy groups -OCH3 is 1. The van der Waals surface area contributed by atoms with Gasteiger partial charge in [0, 0.05) is 41.2 Å². The molecule has 9 heteroatoms. The van der Waals surface area contributed by atoms with Crippen LogP contribution in [0.2, 0.25) is 0 Å². The molecule has 1 aromatic carbocycles. The number of imidazole rings is 1. The average molecular weight is 392 g/mol. The molecule has 4 aromatic heterocycles. The topological polar surface area (TPSA) is 90.6 Å². The summed E-state index contributed by atoms with van der Waals surface area (Å²) in [5.41, 5.74) is 3.86. The van der Waals surface area contributed by atoms with Crippen LogP contribution in [0.5, 0.6) is 5.75 Å². The number of hydrogen-bond acceptors (Lipinski definition) is 6. The Morgan fingerprint density at radius 3 is 2.79 bits per heavy atom. The zero-order valence-electron chi connectivity index (χ0n) is 15.4. The molecule has 5 aromatic rings. The molecule has 0 unspecified atom stereocenters. The Morgan fingerprint density at radius 1 is 1.25 bits per heavy atom. The quantitative estimate of drug-likeness (QED) is 0.510. The smallest absolute Gasteiger partial charge is 0.334 e. The van der Waals surface area contributed by atoms with Crippen molar-refractivity contribution in [1.82, 2.24) is 29.3 Å². The van der Waals surface area contributed by atoms with Crippen molar-refractivity contribution in [2.75, 3.05) is 7.11 Å². The van der Waals surface area contributed by atoms with Crippen LogP contribution in [0, 0.1) is 6.92 Å². The number of pyridine rings is 1. The van der Waals surface area contributed by atoms with E-state index in [2.05, 4.69) is 20.2 Å². The number of aromatic nitrogens is 6. The van der Waals surface area contributed by atoms with Crippen LogP contribution >= 0.6 is 11.3 Å². The summed E-state index contributed by atoms with van der Waals surface area (Å²) >= 11 is 1.51. The van der Waals surface area contributed by atoms with Gasteiger partial charge in [-0.2, -0.15) is 5.10 Å². The summed E-state index contributed by atoms with van der Waals surface area (Å²) in [5, 5.41) is 10.5. The van der Waals surface area contributed by atoms with Crippen LogP contribution in [0.3, 0.4) is 0 Å². The van der Waals surface area contributed by atoms with Crippen molar-refractivity contribution >= 4 is 33.3 Å². The van der Waals surface area contributed by atoms with Crippen LogP contribution in [0.15, 0.2) is 40.9 Å². The van der Waals surface area contributed by atoms with Gasteiger partial charge in [0.05, 0.1) is 41.1 Å². The second kappa shape index (κ2) is 6.03. The van der Waals surface area contributed by atoms with Crippen LogP contribution in [-0.4, -0.2) is 36.4 Å². The molecule has 0 bridgehead atoms. The summed E-state index contributed by atoms with van der Waals surface area (Å²) in [6, 6.07) is 3.87. The predicted octanol–water partition coefficient (Wildman–Crippen LogP) is 3.04. The van der Waals surface area contributed by atoms with Gasteiger partial charge in [-0.3, -0.25) is 14.6 Å². The Balaban J connectivity index is 1.95. The lowest BCUT2D eigenvalue weighted by atomic mass is 10.0. The molecule has 0 atom stereocenters. The van der Waals surface area contributed by atoms with Gasteiger partial charge in [0.1, 0.15) is 5.75 Å².